The maximum Gasteiger partial charge on any atom is 0.0670 e. The van der Waals surface area contributed by atoms with E-state index in [0.29, 0.717) is 18.7 Å². The summed E-state index contributed by atoms with van der Waals surface area (Å²) < 4.78 is 0. The summed E-state index contributed by atoms with van der Waals surface area (Å²) in [6, 6.07) is 11.7. The molecule has 0 atom stereocenters. The normalized spacial score (nSPS) is 9.89. The molecule has 0 aliphatic carbocycles. The molecule has 1 aromatic carbocycles. The topological polar surface area (TPSA) is 74.7 Å². The highest BCUT2D eigenvalue weighted by Crippen LogP contribution is 2.19. The van der Waals surface area contributed by atoms with Crippen molar-refractivity contribution >= 4 is 11.4 Å². The van der Waals surface area contributed by atoms with Gasteiger partial charge in [0.15, 0.2) is 0 Å². The van der Waals surface area contributed by atoms with Crippen LogP contribution in [-0.2, 0) is 13.0 Å². The summed E-state index contributed by atoms with van der Waals surface area (Å²) in [5.74, 6) is 0. The van der Waals surface area contributed by atoms with Gasteiger partial charge in [-0.3, -0.25) is 4.98 Å². The van der Waals surface area contributed by atoms with E-state index in [1.807, 2.05) is 37.3 Å². The average Bonchev–Trinajstić information content (AvgIpc) is 2.41. The van der Waals surface area contributed by atoms with Gasteiger partial charge in [-0.25, -0.2) is 0 Å². The predicted octanol–water partition coefficient (Wildman–Crippen LogP) is 2.65. The van der Waals surface area contributed by atoms with Crippen molar-refractivity contribution in [2.24, 2.45) is 0 Å². The summed E-state index contributed by atoms with van der Waals surface area (Å²) >= 11 is 0. The Morgan fingerprint density at radius 2 is 2.21 bits per heavy atom. The fraction of sp³-hybridized carbons (Fsp3) is 0.200. The van der Waals surface area contributed by atoms with Crippen molar-refractivity contribution in [3.8, 4) is 6.07 Å². The Morgan fingerprint density at radius 1 is 1.37 bits per heavy atom. The molecule has 0 saturated carbocycles. The maximum atomic E-state index is 8.74. The Labute approximate surface area is 112 Å². The first kappa shape index (κ1) is 12.9. The summed E-state index contributed by atoms with van der Waals surface area (Å²) in [6.07, 6.45) is 2.11. The zero-order chi connectivity index (χ0) is 13.7. The molecule has 0 saturated heterocycles. The molecule has 0 bridgehead atoms. The van der Waals surface area contributed by atoms with Crippen LogP contribution in [0, 0.1) is 18.3 Å². The number of nitriles is 1. The summed E-state index contributed by atoms with van der Waals surface area (Å²) in [6.45, 7) is 2.69. The monoisotopic (exact) mass is 252 g/mol. The largest absolute Gasteiger partial charge is 0.398 e. The lowest BCUT2D eigenvalue weighted by Gasteiger charge is -2.10. The standard InChI is InChI=1S/C15H16N4/c1-11-3-2-8-18-15(11)10-19-13-4-5-14(17)12(9-13)6-7-16/h2-5,8-9,19H,6,10,17H2,1H3. The molecule has 96 valence electrons. The van der Waals surface area contributed by atoms with E-state index in [1.54, 1.807) is 6.20 Å². The average molecular weight is 252 g/mol. The van der Waals surface area contributed by atoms with Crippen LogP contribution in [0.15, 0.2) is 36.5 Å². The van der Waals surface area contributed by atoms with Crippen molar-refractivity contribution in [1.29, 1.82) is 5.26 Å². The van der Waals surface area contributed by atoms with E-state index < -0.39 is 0 Å². The highest BCUT2D eigenvalue weighted by Gasteiger charge is 2.02. The summed E-state index contributed by atoms with van der Waals surface area (Å²) in [7, 11) is 0. The van der Waals surface area contributed by atoms with Gasteiger partial charge in [0.25, 0.3) is 0 Å². The Kier molecular flexibility index (Phi) is 3.99. The second-order valence-electron chi connectivity index (χ2n) is 4.37. The van der Waals surface area contributed by atoms with Gasteiger partial charge in [0, 0.05) is 17.6 Å². The molecule has 0 aliphatic rings. The Bertz CT molecular complexity index is 614. The first-order valence-corrected chi connectivity index (χ1v) is 6.10. The lowest BCUT2D eigenvalue weighted by atomic mass is 10.1. The van der Waals surface area contributed by atoms with Crippen LogP contribution in [0.4, 0.5) is 11.4 Å². The number of aryl methyl sites for hydroxylation is 1. The molecule has 19 heavy (non-hydrogen) atoms. The van der Waals surface area contributed by atoms with E-state index in [9.17, 15) is 0 Å². The number of aromatic nitrogens is 1. The number of nitrogens with two attached hydrogens (primary N) is 1. The minimum Gasteiger partial charge on any atom is -0.398 e. The second kappa shape index (κ2) is 5.87. The van der Waals surface area contributed by atoms with Crippen molar-refractivity contribution in [2.45, 2.75) is 19.9 Å². The first-order valence-electron chi connectivity index (χ1n) is 6.10. The summed E-state index contributed by atoms with van der Waals surface area (Å²) in [5.41, 5.74) is 10.4. The Hall–Kier alpha value is -2.54. The molecule has 4 heteroatoms. The van der Waals surface area contributed by atoms with Crippen LogP contribution in [0.3, 0.4) is 0 Å². The van der Waals surface area contributed by atoms with Crippen LogP contribution in [0.5, 0.6) is 0 Å². The fourth-order valence-electron chi connectivity index (χ4n) is 1.84. The van der Waals surface area contributed by atoms with Gasteiger partial charge in [0.1, 0.15) is 0 Å². The first-order chi connectivity index (χ1) is 9.20. The zero-order valence-electron chi connectivity index (χ0n) is 10.9. The molecule has 2 aromatic rings. The van der Waals surface area contributed by atoms with Crippen LogP contribution >= 0.6 is 0 Å². The molecule has 1 aromatic heterocycles. The molecule has 3 N–H and O–H groups in total. The van der Waals surface area contributed by atoms with Crippen molar-refractivity contribution in [3.63, 3.8) is 0 Å². The summed E-state index contributed by atoms with van der Waals surface area (Å²) in [5, 5.41) is 12.0. The lowest BCUT2D eigenvalue weighted by molar-refractivity contribution is 1.02. The number of benzene rings is 1. The van der Waals surface area contributed by atoms with E-state index >= 15 is 0 Å². The lowest BCUT2D eigenvalue weighted by Crippen LogP contribution is -2.04. The minimum absolute atomic E-state index is 0.323. The minimum atomic E-state index is 0.323. The van der Waals surface area contributed by atoms with Crippen molar-refractivity contribution in [3.05, 3.63) is 53.3 Å². The maximum absolute atomic E-state index is 8.74. The quantitative estimate of drug-likeness (QED) is 0.820. The molecule has 1 heterocycles. The number of nitrogen functional groups attached to an aromatic ring is 1. The highest BCUT2D eigenvalue weighted by atomic mass is 14.9. The molecular weight excluding hydrogens is 236 g/mol. The van der Waals surface area contributed by atoms with Gasteiger partial charge in [-0.05, 0) is 42.3 Å². The van der Waals surface area contributed by atoms with Crippen molar-refractivity contribution in [2.75, 3.05) is 11.1 Å². The van der Waals surface area contributed by atoms with E-state index in [-0.39, 0.29) is 0 Å². The van der Waals surface area contributed by atoms with E-state index in [1.165, 1.54) is 0 Å². The second-order valence-corrected chi connectivity index (χ2v) is 4.37. The Balaban J connectivity index is 2.10. The number of hydrogen-bond acceptors (Lipinski definition) is 4. The number of pyridine rings is 1. The third-order valence-electron chi connectivity index (χ3n) is 2.99. The smallest absolute Gasteiger partial charge is 0.0670 e. The van der Waals surface area contributed by atoms with Gasteiger partial charge >= 0.3 is 0 Å². The van der Waals surface area contributed by atoms with Crippen LogP contribution in [-0.4, -0.2) is 4.98 Å². The molecule has 0 amide bonds. The van der Waals surface area contributed by atoms with Gasteiger partial charge in [-0.1, -0.05) is 6.07 Å². The molecule has 0 fully saturated rings. The third-order valence-corrected chi connectivity index (χ3v) is 2.99. The third kappa shape index (κ3) is 3.23. The zero-order valence-corrected chi connectivity index (χ0v) is 10.9. The molecule has 0 spiro atoms. The van der Waals surface area contributed by atoms with E-state index in [4.69, 9.17) is 11.0 Å². The number of nitrogens with zero attached hydrogens (tertiary/aromatic N) is 2. The number of rotatable bonds is 4. The molecular formula is C15H16N4. The SMILES string of the molecule is Cc1cccnc1CNc1ccc(N)c(CC#N)c1. The molecule has 0 unspecified atom stereocenters. The van der Waals surface area contributed by atoms with E-state index in [2.05, 4.69) is 16.4 Å². The van der Waals surface area contributed by atoms with Crippen molar-refractivity contribution in [1.82, 2.24) is 4.98 Å². The van der Waals surface area contributed by atoms with Gasteiger partial charge in [-0.15, -0.1) is 0 Å². The number of nitrogens with one attached hydrogen (secondary N) is 1. The molecule has 0 aliphatic heterocycles. The predicted molar refractivity (Wildman–Crippen MR) is 76.5 cm³/mol. The van der Waals surface area contributed by atoms with Gasteiger partial charge < -0.3 is 11.1 Å². The van der Waals surface area contributed by atoms with Gasteiger partial charge in [0.2, 0.25) is 0 Å². The van der Waals surface area contributed by atoms with Crippen molar-refractivity contribution < 1.29 is 0 Å². The Morgan fingerprint density at radius 3 is 2.95 bits per heavy atom. The van der Waals surface area contributed by atoms with E-state index in [0.717, 1.165) is 22.5 Å². The van der Waals surface area contributed by atoms with Gasteiger partial charge in [0.05, 0.1) is 24.7 Å². The fourth-order valence-corrected chi connectivity index (χ4v) is 1.84. The highest BCUT2D eigenvalue weighted by molar-refractivity contribution is 5.58. The molecule has 4 nitrogen and oxygen atoms in total. The molecule has 2 rings (SSSR count). The molecule has 0 radical (unpaired) electrons. The van der Waals surface area contributed by atoms with Crippen LogP contribution in [0.25, 0.3) is 0 Å². The van der Waals surface area contributed by atoms with Gasteiger partial charge in [-0.2, -0.15) is 5.26 Å². The number of hydrogen-bond donors (Lipinski definition) is 2. The van der Waals surface area contributed by atoms with Crippen LogP contribution < -0.4 is 11.1 Å². The van der Waals surface area contributed by atoms with Crippen LogP contribution in [0.1, 0.15) is 16.8 Å². The summed E-state index contributed by atoms with van der Waals surface area (Å²) in [4.78, 5) is 4.33. The number of anilines is 2. The van der Waals surface area contributed by atoms with Crippen LogP contribution in [0.2, 0.25) is 0 Å².